The van der Waals surface area contributed by atoms with Gasteiger partial charge in [0.15, 0.2) is 0 Å². The van der Waals surface area contributed by atoms with Gasteiger partial charge in [-0.3, -0.25) is 28.7 Å². The first kappa shape index (κ1) is 43.6. The molecule has 0 radical (unpaired) electrons. The number of aromatic nitrogens is 1. The lowest BCUT2D eigenvalue weighted by Gasteiger charge is -2.36. The summed E-state index contributed by atoms with van der Waals surface area (Å²) in [5, 5.41) is 2.87. The highest BCUT2D eigenvalue weighted by molar-refractivity contribution is 7.91. The number of nitrogens with one attached hydrogen (secondary N) is 2. The maximum Gasteiger partial charge on any atom is 0.259 e. The molecule has 326 valence electrons. The van der Waals surface area contributed by atoms with Gasteiger partial charge in [-0.15, -0.1) is 6.58 Å². The Labute approximate surface area is 357 Å². The Bertz CT molecular complexity index is 2340. The molecule has 0 spiro atoms. The second-order valence-corrected chi connectivity index (χ2v) is 20.0. The zero-order valence-electron chi connectivity index (χ0n) is 35.7. The minimum atomic E-state index is -3.93. The number of sulfonamides is 1. The van der Waals surface area contributed by atoms with Crippen LogP contribution in [0.1, 0.15) is 65.7 Å². The van der Waals surface area contributed by atoms with Crippen LogP contribution >= 0.6 is 0 Å². The van der Waals surface area contributed by atoms with Gasteiger partial charge < -0.3 is 29.5 Å². The van der Waals surface area contributed by atoms with Crippen LogP contribution in [-0.4, -0.2) is 121 Å². The predicted octanol–water partition coefficient (Wildman–Crippen LogP) is 4.06. The number of amides is 5. The molecule has 2 aliphatic heterocycles. The van der Waals surface area contributed by atoms with Crippen molar-refractivity contribution in [3.8, 4) is 22.8 Å². The lowest BCUT2D eigenvalue weighted by Crippen LogP contribution is -2.57. The molecule has 4 aliphatic rings. The second-order valence-electron chi connectivity index (χ2n) is 18.0. The minimum Gasteiger partial charge on any atom is -0.497 e. The van der Waals surface area contributed by atoms with Crippen molar-refractivity contribution in [3.63, 3.8) is 0 Å². The molecule has 0 bridgehead atoms. The van der Waals surface area contributed by atoms with Crippen LogP contribution < -0.4 is 19.5 Å². The minimum absolute atomic E-state index is 0.0192. The van der Waals surface area contributed by atoms with E-state index in [-0.39, 0.29) is 37.6 Å². The molecule has 2 N–H and O–H groups in total. The molecule has 3 heterocycles. The molecule has 3 aromatic rings. The van der Waals surface area contributed by atoms with Gasteiger partial charge in [-0.1, -0.05) is 57.2 Å². The summed E-state index contributed by atoms with van der Waals surface area (Å²) in [4.78, 5) is 79.8. The highest BCUT2D eigenvalue weighted by atomic mass is 32.2. The Kier molecular flexibility index (Phi) is 12.0. The molecule has 0 unspecified atom stereocenters. The number of carbonyl (C=O) groups excluding carboxylic acids is 5. The highest BCUT2D eigenvalue weighted by Gasteiger charge is 2.62. The maximum absolute atomic E-state index is 15.1. The second kappa shape index (κ2) is 16.7. The maximum atomic E-state index is 15.1. The molecule has 15 nitrogen and oxygen atoms in total. The molecule has 61 heavy (non-hydrogen) atoms. The van der Waals surface area contributed by atoms with E-state index in [1.165, 1.54) is 15.9 Å². The molecule has 5 amide bonds. The van der Waals surface area contributed by atoms with Gasteiger partial charge >= 0.3 is 0 Å². The zero-order valence-corrected chi connectivity index (χ0v) is 36.5. The summed E-state index contributed by atoms with van der Waals surface area (Å²) in [6, 6.07) is 15.0. The molecule has 6 atom stereocenters. The predicted molar refractivity (Wildman–Crippen MR) is 229 cm³/mol. The molecule has 7 rings (SSSR count). The monoisotopic (exact) mass is 856 g/mol. The Morgan fingerprint density at radius 2 is 1.74 bits per heavy atom. The Balaban J connectivity index is 1.22. The highest BCUT2D eigenvalue weighted by Crippen LogP contribution is 2.46. The van der Waals surface area contributed by atoms with Gasteiger partial charge in [0.1, 0.15) is 35.2 Å². The number of methoxy groups -OCH3 is 1. The van der Waals surface area contributed by atoms with E-state index >= 15 is 4.79 Å². The van der Waals surface area contributed by atoms with Crippen molar-refractivity contribution in [2.45, 2.75) is 94.7 Å². The van der Waals surface area contributed by atoms with E-state index < -0.39 is 74.0 Å². The molecule has 2 aliphatic carbocycles. The molecular formula is C45H56N6O9S. The van der Waals surface area contributed by atoms with Crippen molar-refractivity contribution >= 4 is 50.5 Å². The van der Waals surface area contributed by atoms with Gasteiger partial charge in [-0.2, -0.15) is 0 Å². The Hall–Kier alpha value is -5.51. The number of hydrogen-bond acceptors (Lipinski definition) is 10. The number of benzene rings is 2. The van der Waals surface area contributed by atoms with Crippen molar-refractivity contribution < 1.29 is 41.9 Å². The average molecular weight is 857 g/mol. The smallest absolute Gasteiger partial charge is 0.259 e. The van der Waals surface area contributed by atoms with E-state index in [4.69, 9.17) is 14.5 Å². The summed E-state index contributed by atoms with van der Waals surface area (Å²) >= 11 is 0. The number of hydrogen-bond donors (Lipinski definition) is 2. The molecule has 2 saturated carbocycles. The number of carbonyl (C=O) groups is 5. The number of pyridine rings is 1. The summed E-state index contributed by atoms with van der Waals surface area (Å²) < 4.78 is 40.2. The Morgan fingerprint density at radius 1 is 1.02 bits per heavy atom. The number of ether oxygens (including phenoxy) is 2. The van der Waals surface area contributed by atoms with E-state index in [2.05, 4.69) is 16.6 Å². The fraction of sp³-hybridized carbons (Fsp3) is 0.511. The fourth-order valence-electron chi connectivity index (χ4n) is 8.61. The average Bonchev–Trinajstić information content (AvgIpc) is 4.11. The van der Waals surface area contributed by atoms with E-state index in [1.807, 2.05) is 63.2 Å². The van der Waals surface area contributed by atoms with E-state index in [0.29, 0.717) is 60.3 Å². The van der Waals surface area contributed by atoms with Gasteiger partial charge in [-0.05, 0) is 49.7 Å². The first-order valence-electron chi connectivity index (χ1n) is 20.9. The van der Waals surface area contributed by atoms with E-state index in [1.54, 1.807) is 38.2 Å². The summed E-state index contributed by atoms with van der Waals surface area (Å²) in [7, 11) is 0.931. The summed E-state index contributed by atoms with van der Waals surface area (Å²) in [5.41, 5.74) is -0.261. The lowest BCUT2D eigenvalue weighted by atomic mass is 9.77. The SMILES string of the molecule is C=C[C@@H]1C[C@]1(NC(=O)[C@@H]1C[C@@H](Oc2cc(-c3ccccc3)nc3cc(OC)ccc23)CN1C(=O)[C@@H](CC(=O)N1CCC[C@H]1C(=O)N(C)C)C(C)(C)C)C(=O)NS(=O)(=O)C1CC1. The van der Waals surface area contributed by atoms with Crippen LogP contribution in [0.4, 0.5) is 0 Å². The molecule has 2 saturated heterocycles. The van der Waals surface area contributed by atoms with Crippen LogP contribution in [0, 0.1) is 17.3 Å². The molecular weight excluding hydrogens is 801 g/mol. The topological polar surface area (TPSA) is 185 Å². The van der Waals surface area contributed by atoms with Gasteiger partial charge in [0.2, 0.25) is 33.7 Å². The van der Waals surface area contributed by atoms with Gasteiger partial charge in [0.25, 0.3) is 5.91 Å². The van der Waals surface area contributed by atoms with Crippen molar-refractivity contribution in [1.82, 2.24) is 29.7 Å². The number of nitrogens with zero attached hydrogens (tertiary/aromatic N) is 4. The Morgan fingerprint density at radius 3 is 2.36 bits per heavy atom. The number of rotatable bonds is 14. The number of fused-ring (bicyclic) bond motifs is 1. The zero-order chi connectivity index (χ0) is 44.0. The van der Waals surface area contributed by atoms with E-state index in [0.717, 1.165) is 5.56 Å². The lowest BCUT2D eigenvalue weighted by molar-refractivity contribution is -0.150. The van der Waals surface area contributed by atoms with Crippen LogP contribution in [0.2, 0.25) is 0 Å². The van der Waals surface area contributed by atoms with Crippen molar-refractivity contribution in [1.29, 1.82) is 0 Å². The largest absolute Gasteiger partial charge is 0.497 e. The van der Waals surface area contributed by atoms with E-state index in [9.17, 15) is 27.6 Å². The third-order valence-electron chi connectivity index (χ3n) is 12.5. The van der Waals surface area contributed by atoms with Crippen LogP contribution in [0.3, 0.4) is 0 Å². The van der Waals surface area contributed by atoms with Crippen molar-refractivity contribution in [2.24, 2.45) is 17.3 Å². The third kappa shape index (κ3) is 8.95. The van der Waals surface area contributed by atoms with Gasteiger partial charge in [0.05, 0.1) is 36.0 Å². The first-order valence-corrected chi connectivity index (χ1v) is 22.4. The molecule has 2 aromatic carbocycles. The molecule has 1 aromatic heterocycles. The summed E-state index contributed by atoms with van der Waals surface area (Å²) in [5.74, 6) is -2.86. The molecule has 4 fully saturated rings. The fourth-order valence-corrected chi connectivity index (χ4v) is 9.97. The van der Waals surface area contributed by atoms with Gasteiger partial charge in [0, 0.05) is 62.5 Å². The van der Waals surface area contributed by atoms with Crippen molar-refractivity contribution in [2.75, 3.05) is 34.3 Å². The van der Waals surface area contributed by atoms with Crippen molar-refractivity contribution in [3.05, 3.63) is 67.3 Å². The summed E-state index contributed by atoms with van der Waals surface area (Å²) in [6.45, 7) is 9.74. The number of likely N-dealkylation sites (tertiary alicyclic amines) is 2. The van der Waals surface area contributed by atoms with Crippen LogP contribution in [0.15, 0.2) is 67.3 Å². The third-order valence-corrected chi connectivity index (χ3v) is 14.3. The number of likely N-dealkylation sites (N-methyl/N-ethyl adjacent to an activating group) is 1. The first-order chi connectivity index (χ1) is 28.9. The van der Waals surface area contributed by atoms with Crippen LogP contribution in [-0.2, 0) is 34.0 Å². The van der Waals surface area contributed by atoms with Crippen LogP contribution in [0.5, 0.6) is 11.5 Å². The van der Waals surface area contributed by atoms with Gasteiger partial charge in [-0.25, -0.2) is 13.4 Å². The molecule has 16 heteroatoms. The van der Waals surface area contributed by atoms with Crippen LogP contribution in [0.25, 0.3) is 22.2 Å². The summed E-state index contributed by atoms with van der Waals surface area (Å²) in [6.07, 6.45) is 2.80. The standard InChI is InChI=1S/C45H56N6O9S/c1-8-28-25-45(28,43(56)48-61(57,58)31-17-18-31)47-40(53)37-22-30(60-38-24-34(27-13-10-9-11-14-27)46-35-21-29(59-7)16-19-32(35)38)26-51(37)41(54)33(44(2,3)4)23-39(52)50-20-12-15-36(50)42(55)49(5)6/h8-11,13-14,16,19,21,24,28,30-31,33,36-37H,1,12,15,17-18,20,22-23,25-26H2,2-7H3,(H,47,53)(H,48,56)/t28-,30-,33-,36+,37+,45-/m1/s1. The normalized spacial score (nSPS) is 24.2. The quantitative estimate of drug-likeness (QED) is 0.224.